The van der Waals surface area contributed by atoms with E-state index < -0.39 is 11.9 Å². The van der Waals surface area contributed by atoms with E-state index in [-0.39, 0.29) is 25.4 Å². The molecule has 0 saturated heterocycles. The highest BCUT2D eigenvalue weighted by atomic mass is 16.6. The van der Waals surface area contributed by atoms with Gasteiger partial charge in [-0.25, -0.2) is 9.59 Å². The monoisotopic (exact) mass is 440 g/mol. The van der Waals surface area contributed by atoms with Crippen LogP contribution in [0.3, 0.4) is 0 Å². The van der Waals surface area contributed by atoms with E-state index in [2.05, 4.69) is 13.2 Å². The Morgan fingerprint density at radius 1 is 0.750 bits per heavy atom. The minimum absolute atomic E-state index is 0.267. The molecule has 0 aliphatic heterocycles. The molecule has 2 rings (SSSR count). The molecule has 0 N–H and O–H groups in total. The Morgan fingerprint density at radius 3 is 1.44 bits per heavy atom. The molecule has 0 radical (unpaired) electrons. The fourth-order valence-corrected chi connectivity index (χ4v) is 2.73. The smallest absolute Gasteiger partial charge is 0.333 e. The number of fused-ring (bicyclic) bond motifs is 1. The molecule has 6 heteroatoms. The maximum absolute atomic E-state index is 11.7. The van der Waals surface area contributed by atoms with Crippen molar-refractivity contribution in [2.75, 3.05) is 13.2 Å². The first kappa shape index (κ1) is 25.0. The molecule has 0 fully saturated rings. The molecule has 0 heterocycles. The van der Waals surface area contributed by atoms with E-state index in [0.29, 0.717) is 35.5 Å². The fraction of sp³-hybridized carbons (Fsp3) is 0.385. The maximum atomic E-state index is 11.7. The van der Waals surface area contributed by atoms with Gasteiger partial charge in [0.05, 0.1) is 0 Å². The summed E-state index contributed by atoms with van der Waals surface area (Å²) >= 11 is 0. The Bertz CT molecular complexity index is 898. The van der Waals surface area contributed by atoms with Crippen LogP contribution < -0.4 is 9.47 Å². The van der Waals surface area contributed by atoms with Gasteiger partial charge in [-0.05, 0) is 61.7 Å². The molecule has 0 aliphatic rings. The van der Waals surface area contributed by atoms with Crippen LogP contribution in [-0.4, -0.2) is 37.4 Å². The SMILES string of the molecule is C=C(C)C(=O)OC(CC)COc1ccc2cc(OCC(CC)OC(=O)C(=C)C)ccc2c1. The van der Waals surface area contributed by atoms with Crippen molar-refractivity contribution < 1.29 is 28.5 Å². The summed E-state index contributed by atoms with van der Waals surface area (Å²) in [6, 6.07) is 11.5. The topological polar surface area (TPSA) is 71.1 Å². The highest BCUT2D eigenvalue weighted by Gasteiger charge is 2.15. The molecule has 6 nitrogen and oxygen atoms in total. The summed E-state index contributed by atoms with van der Waals surface area (Å²) in [7, 11) is 0. The van der Waals surface area contributed by atoms with Crippen molar-refractivity contribution in [3.63, 3.8) is 0 Å². The molecular weight excluding hydrogens is 408 g/mol. The number of carbonyl (C=O) groups excluding carboxylic acids is 2. The molecule has 2 aromatic rings. The largest absolute Gasteiger partial charge is 0.490 e. The van der Waals surface area contributed by atoms with Gasteiger partial charge in [0.25, 0.3) is 0 Å². The van der Waals surface area contributed by atoms with Crippen molar-refractivity contribution in [1.82, 2.24) is 0 Å². The van der Waals surface area contributed by atoms with Crippen LogP contribution in [0.5, 0.6) is 11.5 Å². The average molecular weight is 441 g/mol. The molecular formula is C26H32O6. The summed E-state index contributed by atoms with van der Waals surface area (Å²) in [5.74, 6) is 0.555. The van der Waals surface area contributed by atoms with Gasteiger partial charge in [-0.2, -0.15) is 0 Å². The van der Waals surface area contributed by atoms with E-state index in [1.54, 1.807) is 13.8 Å². The molecule has 0 saturated carbocycles. The number of benzene rings is 2. The van der Waals surface area contributed by atoms with Crippen molar-refractivity contribution in [3.05, 3.63) is 60.7 Å². The van der Waals surface area contributed by atoms with E-state index in [4.69, 9.17) is 18.9 Å². The van der Waals surface area contributed by atoms with Crippen LogP contribution in [0.1, 0.15) is 40.5 Å². The summed E-state index contributed by atoms with van der Waals surface area (Å²) in [5.41, 5.74) is 0.734. The summed E-state index contributed by atoms with van der Waals surface area (Å²) < 4.78 is 22.4. The highest BCUT2D eigenvalue weighted by Crippen LogP contribution is 2.25. The molecule has 0 aromatic heterocycles. The van der Waals surface area contributed by atoms with Crippen molar-refractivity contribution in [2.45, 2.75) is 52.7 Å². The fourth-order valence-electron chi connectivity index (χ4n) is 2.73. The van der Waals surface area contributed by atoms with Gasteiger partial charge in [-0.15, -0.1) is 0 Å². The van der Waals surface area contributed by atoms with Gasteiger partial charge in [-0.3, -0.25) is 0 Å². The lowest BCUT2D eigenvalue weighted by Gasteiger charge is -2.18. The lowest BCUT2D eigenvalue weighted by Crippen LogP contribution is -2.24. The summed E-state index contributed by atoms with van der Waals surface area (Å²) in [4.78, 5) is 23.4. The number of ether oxygens (including phenoxy) is 4. The molecule has 0 bridgehead atoms. The Balaban J connectivity index is 1.97. The highest BCUT2D eigenvalue weighted by molar-refractivity contribution is 5.87. The number of carbonyl (C=O) groups is 2. The normalized spacial score (nSPS) is 12.5. The van der Waals surface area contributed by atoms with E-state index in [1.807, 2.05) is 50.2 Å². The summed E-state index contributed by atoms with van der Waals surface area (Å²) in [5, 5.41) is 1.98. The minimum atomic E-state index is -0.411. The third-order valence-electron chi connectivity index (χ3n) is 4.81. The van der Waals surface area contributed by atoms with Crippen LogP contribution >= 0.6 is 0 Å². The van der Waals surface area contributed by atoms with Gasteiger partial charge in [0.15, 0.2) is 0 Å². The molecule has 0 aliphatic carbocycles. The van der Waals surface area contributed by atoms with Gasteiger partial charge < -0.3 is 18.9 Å². The Labute approximate surface area is 189 Å². The predicted molar refractivity (Wildman–Crippen MR) is 125 cm³/mol. The van der Waals surface area contributed by atoms with Crippen LogP contribution in [0.2, 0.25) is 0 Å². The van der Waals surface area contributed by atoms with Gasteiger partial charge in [0, 0.05) is 11.1 Å². The molecule has 2 unspecified atom stereocenters. The predicted octanol–water partition coefficient (Wildman–Crippen LogP) is 5.39. The van der Waals surface area contributed by atoms with Crippen LogP contribution in [0.25, 0.3) is 10.8 Å². The second-order valence-electron chi connectivity index (χ2n) is 7.72. The Hall–Kier alpha value is -3.28. The quantitative estimate of drug-likeness (QED) is 0.325. The van der Waals surface area contributed by atoms with Crippen molar-refractivity contribution in [3.8, 4) is 11.5 Å². The number of rotatable bonds is 12. The first-order valence-electron chi connectivity index (χ1n) is 10.8. The van der Waals surface area contributed by atoms with Gasteiger partial charge in [-0.1, -0.05) is 39.1 Å². The summed E-state index contributed by atoms with van der Waals surface area (Å²) in [6.45, 7) is 14.8. The average Bonchev–Trinajstić information content (AvgIpc) is 2.78. The zero-order valence-electron chi connectivity index (χ0n) is 19.3. The third-order valence-corrected chi connectivity index (χ3v) is 4.81. The van der Waals surface area contributed by atoms with Crippen LogP contribution in [0.15, 0.2) is 60.7 Å². The minimum Gasteiger partial charge on any atom is -0.490 e. The summed E-state index contributed by atoms with van der Waals surface area (Å²) in [6.07, 6.45) is 0.619. The number of hydrogen-bond donors (Lipinski definition) is 0. The molecule has 2 atom stereocenters. The zero-order valence-corrected chi connectivity index (χ0v) is 19.3. The first-order valence-corrected chi connectivity index (χ1v) is 10.8. The second-order valence-corrected chi connectivity index (χ2v) is 7.72. The van der Waals surface area contributed by atoms with Gasteiger partial charge >= 0.3 is 11.9 Å². The van der Waals surface area contributed by atoms with Crippen LogP contribution in [0.4, 0.5) is 0 Å². The standard InChI is InChI=1S/C26H32O6/c1-7-21(31-25(27)17(3)4)15-29-23-11-9-20-14-24(12-10-19(20)13-23)30-16-22(8-2)32-26(28)18(5)6/h9-14,21-22H,3,5,7-8,15-16H2,1-2,4,6H3. The van der Waals surface area contributed by atoms with Gasteiger partial charge in [0.1, 0.15) is 36.9 Å². The van der Waals surface area contributed by atoms with Crippen molar-refractivity contribution in [1.29, 1.82) is 0 Å². The first-order chi connectivity index (χ1) is 15.2. The molecule has 2 aromatic carbocycles. The van der Waals surface area contributed by atoms with E-state index >= 15 is 0 Å². The van der Waals surface area contributed by atoms with Crippen LogP contribution in [0, 0.1) is 0 Å². The Morgan fingerprint density at radius 2 is 1.12 bits per heavy atom. The van der Waals surface area contributed by atoms with E-state index in [9.17, 15) is 9.59 Å². The molecule has 0 amide bonds. The van der Waals surface area contributed by atoms with Gasteiger partial charge in [0.2, 0.25) is 0 Å². The number of hydrogen-bond acceptors (Lipinski definition) is 6. The van der Waals surface area contributed by atoms with E-state index in [1.165, 1.54) is 0 Å². The molecule has 0 spiro atoms. The van der Waals surface area contributed by atoms with Crippen molar-refractivity contribution >= 4 is 22.7 Å². The zero-order chi connectivity index (χ0) is 23.7. The lowest BCUT2D eigenvalue weighted by atomic mass is 10.1. The Kier molecular flexibility index (Phi) is 9.32. The molecule has 32 heavy (non-hydrogen) atoms. The molecule has 172 valence electrons. The van der Waals surface area contributed by atoms with Crippen LogP contribution in [-0.2, 0) is 19.1 Å². The van der Waals surface area contributed by atoms with E-state index in [0.717, 1.165) is 10.8 Å². The van der Waals surface area contributed by atoms with Crippen molar-refractivity contribution in [2.24, 2.45) is 0 Å². The second kappa shape index (κ2) is 11.9. The third kappa shape index (κ3) is 7.45. The number of esters is 2. The maximum Gasteiger partial charge on any atom is 0.333 e. The lowest BCUT2D eigenvalue weighted by molar-refractivity contribution is -0.146.